The van der Waals surface area contributed by atoms with Crippen LogP contribution >= 0.6 is 0 Å². The fraction of sp³-hybridized carbons (Fsp3) is 0.800. The first kappa shape index (κ1) is 26.8. The van der Waals surface area contributed by atoms with Crippen molar-refractivity contribution < 1.29 is 29.4 Å². The Kier molecular flexibility index (Phi) is 10.9. The number of amides is 3. The van der Waals surface area contributed by atoms with E-state index in [9.17, 15) is 29.4 Å². The lowest BCUT2D eigenvalue weighted by Crippen LogP contribution is -2.58. The van der Waals surface area contributed by atoms with Crippen LogP contribution in [0.3, 0.4) is 0 Å². The predicted molar refractivity (Wildman–Crippen MR) is 114 cm³/mol. The molecule has 1 heterocycles. The quantitative estimate of drug-likeness (QED) is 0.197. The minimum absolute atomic E-state index is 0.308. The van der Waals surface area contributed by atoms with Crippen LogP contribution in [0.15, 0.2) is 0 Å². The van der Waals surface area contributed by atoms with E-state index >= 15 is 0 Å². The van der Waals surface area contributed by atoms with Crippen LogP contribution in [-0.4, -0.2) is 82.2 Å². The van der Waals surface area contributed by atoms with Crippen molar-refractivity contribution in [3.05, 3.63) is 0 Å². The monoisotopic (exact) mass is 443 g/mol. The van der Waals surface area contributed by atoms with E-state index in [-0.39, 0.29) is 5.92 Å². The Balaban J connectivity index is 2.95. The molecule has 0 radical (unpaired) electrons. The summed E-state index contributed by atoms with van der Waals surface area (Å²) in [6.07, 6.45) is 1.44. The molecular formula is C20H37N5O6. The van der Waals surface area contributed by atoms with Gasteiger partial charge in [0, 0.05) is 6.54 Å². The Bertz CT molecular complexity index is 642. The summed E-state index contributed by atoms with van der Waals surface area (Å²) in [5.74, 6) is -3.08. The number of carboxylic acid groups (broad SMARTS) is 1. The smallest absolute Gasteiger partial charge is 0.326 e. The van der Waals surface area contributed by atoms with Gasteiger partial charge in [-0.25, -0.2) is 4.79 Å². The molecule has 0 spiro atoms. The van der Waals surface area contributed by atoms with Gasteiger partial charge in [0.1, 0.15) is 24.2 Å². The van der Waals surface area contributed by atoms with Crippen LogP contribution in [0.1, 0.15) is 52.9 Å². The van der Waals surface area contributed by atoms with Crippen molar-refractivity contribution in [1.82, 2.24) is 15.5 Å². The molecule has 0 aliphatic carbocycles. The number of aliphatic hydroxyl groups excluding tert-OH is 1. The van der Waals surface area contributed by atoms with Gasteiger partial charge in [0.2, 0.25) is 17.7 Å². The average Bonchev–Trinajstić information content (AvgIpc) is 3.19. The zero-order valence-corrected chi connectivity index (χ0v) is 18.5. The summed E-state index contributed by atoms with van der Waals surface area (Å²) < 4.78 is 0. The predicted octanol–water partition coefficient (Wildman–Crippen LogP) is -1.48. The molecule has 5 unspecified atom stereocenters. The zero-order valence-electron chi connectivity index (χ0n) is 18.5. The number of likely N-dealkylation sites (tertiary alicyclic amines) is 1. The van der Waals surface area contributed by atoms with Crippen LogP contribution in [0.2, 0.25) is 0 Å². The molecule has 1 rings (SSSR count). The number of unbranched alkanes of at least 4 members (excludes halogenated alkanes) is 1. The highest BCUT2D eigenvalue weighted by molar-refractivity contribution is 5.94. The van der Waals surface area contributed by atoms with E-state index < -0.39 is 54.0 Å². The number of hydrogen-bond donors (Lipinski definition) is 6. The second-order valence-electron chi connectivity index (χ2n) is 8.37. The number of hydrogen-bond acceptors (Lipinski definition) is 7. The van der Waals surface area contributed by atoms with Crippen molar-refractivity contribution in [2.24, 2.45) is 17.4 Å². The summed E-state index contributed by atoms with van der Waals surface area (Å²) in [7, 11) is 0. The summed E-state index contributed by atoms with van der Waals surface area (Å²) in [6.45, 7) is 5.50. The lowest BCUT2D eigenvalue weighted by Gasteiger charge is -2.30. The third kappa shape index (κ3) is 7.75. The molecule has 1 fully saturated rings. The summed E-state index contributed by atoms with van der Waals surface area (Å²) >= 11 is 0. The second-order valence-corrected chi connectivity index (χ2v) is 8.37. The maximum atomic E-state index is 13.2. The molecule has 1 aliphatic rings. The molecule has 0 saturated carbocycles. The van der Waals surface area contributed by atoms with Crippen molar-refractivity contribution in [3.63, 3.8) is 0 Å². The molecule has 0 aromatic rings. The van der Waals surface area contributed by atoms with Crippen LogP contribution in [-0.2, 0) is 19.2 Å². The maximum absolute atomic E-state index is 13.2. The van der Waals surface area contributed by atoms with Crippen LogP contribution < -0.4 is 22.1 Å². The first-order valence-corrected chi connectivity index (χ1v) is 10.8. The van der Waals surface area contributed by atoms with Gasteiger partial charge in [-0.1, -0.05) is 13.8 Å². The number of aliphatic carboxylic acids is 1. The van der Waals surface area contributed by atoms with Crippen molar-refractivity contribution >= 4 is 23.7 Å². The third-order valence-electron chi connectivity index (χ3n) is 5.45. The lowest BCUT2D eigenvalue weighted by molar-refractivity contribution is -0.146. The van der Waals surface area contributed by atoms with Crippen molar-refractivity contribution in [2.75, 3.05) is 13.1 Å². The minimum Gasteiger partial charge on any atom is -0.480 e. The van der Waals surface area contributed by atoms with Gasteiger partial charge in [-0.3, -0.25) is 14.4 Å². The molecule has 11 heteroatoms. The number of nitrogens with one attached hydrogen (secondary N) is 2. The van der Waals surface area contributed by atoms with E-state index in [4.69, 9.17) is 11.5 Å². The Morgan fingerprint density at radius 1 is 1.13 bits per heavy atom. The molecule has 31 heavy (non-hydrogen) atoms. The number of aliphatic hydroxyl groups is 1. The van der Waals surface area contributed by atoms with E-state index in [1.165, 1.54) is 11.8 Å². The van der Waals surface area contributed by atoms with Gasteiger partial charge >= 0.3 is 5.97 Å². The largest absolute Gasteiger partial charge is 0.480 e. The number of carbonyl (C=O) groups is 4. The second kappa shape index (κ2) is 12.6. The van der Waals surface area contributed by atoms with Gasteiger partial charge in [0.15, 0.2) is 0 Å². The zero-order chi connectivity index (χ0) is 23.7. The highest BCUT2D eigenvalue weighted by Gasteiger charge is 2.39. The molecule has 11 nitrogen and oxygen atoms in total. The summed E-state index contributed by atoms with van der Waals surface area (Å²) in [4.78, 5) is 51.1. The van der Waals surface area contributed by atoms with Crippen LogP contribution in [0.5, 0.6) is 0 Å². The Labute approximate surface area is 182 Å². The van der Waals surface area contributed by atoms with Crippen LogP contribution in [0, 0.1) is 5.92 Å². The topological polar surface area (TPSA) is 188 Å². The molecule has 0 aromatic heterocycles. The molecule has 8 N–H and O–H groups in total. The fourth-order valence-electron chi connectivity index (χ4n) is 3.50. The van der Waals surface area contributed by atoms with E-state index in [1.807, 2.05) is 0 Å². The van der Waals surface area contributed by atoms with Gasteiger partial charge < -0.3 is 37.2 Å². The van der Waals surface area contributed by atoms with Crippen molar-refractivity contribution in [1.29, 1.82) is 0 Å². The standard InChI is InChI=1S/C20H37N5O6/c1-11(2)16(20(30)31)24-17(27)14-8-6-10-25(14)19(29)13(7-4-5-9-21)23-18(28)15(22)12(3)26/h11-16,26H,4-10,21-22H2,1-3H3,(H,23,28)(H,24,27)(H,30,31). The Morgan fingerprint density at radius 3 is 2.29 bits per heavy atom. The van der Waals surface area contributed by atoms with Gasteiger partial charge in [-0.15, -0.1) is 0 Å². The third-order valence-corrected chi connectivity index (χ3v) is 5.45. The normalized spacial score (nSPS) is 20.1. The highest BCUT2D eigenvalue weighted by Crippen LogP contribution is 2.20. The molecule has 1 aliphatic heterocycles. The van der Waals surface area contributed by atoms with Crippen LogP contribution in [0.4, 0.5) is 0 Å². The van der Waals surface area contributed by atoms with E-state index in [0.717, 1.165) is 0 Å². The molecular weight excluding hydrogens is 406 g/mol. The number of carboxylic acids is 1. The van der Waals surface area contributed by atoms with Crippen LogP contribution in [0.25, 0.3) is 0 Å². The first-order valence-electron chi connectivity index (χ1n) is 10.8. The van der Waals surface area contributed by atoms with E-state index in [2.05, 4.69) is 10.6 Å². The molecule has 5 atom stereocenters. The van der Waals surface area contributed by atoms with Gasteiger partial charge in [-0.05, 0) is 51.5 Å². The highest BCUT2D eigenvalue weighted by atomic mass is 16.4. The van der Waals surface area contributed by atoms with Crippen molar-refractivity contribution in [3.8, 4) is 0 Å². The van der Waals surface area contributed by atoms with E-state index in [1.54, 1.807) is 13.8 Å². The average molecular weight is 444 g/mol. The molecule has 3 amide bonds. The summed E-state index contributed by atoms with van der Waals surface area (Å²) in [6, 6.07) is -3.98. The number of carbonyl (C=O) groups excluding carboxylic acids is 3. The molecule has 1 saturated heterocycles. The SMILES string of the molecule is CC(C)C(NC(=O)C1CCCN1C(=O)C(CCCCN)NC(=O)C(N)C(C)O)C(=O)O. The Hall–Kier alpha value is -2.24. The number of nitrogens with two attached hydrogens (primary N) is 2. The fourth-order valence-corrected chi connectivity index (χ4v) is 3.50. The Morgan fingerprint density at radius 2 is 1.77 bits per heavy atom. The molecule has 178 valence electrons. The minimum atomic E-state index is -1.19. The summed E-state index contributed by atoms with van der Waals surface area (Å²) in [5, 5.41) is 24.0. The molecule has 0 bridgehead atoms. The van der Waals surface area contributed by atoms with Gasteiger partial charge in [0.25, 0.3) is 0 Å². The van der Waals surface area contributed by atoms with Gasteiger partial charge in [0.05, 0.1) is 6.10 Å². The lowest BCUT2D eigenvalue weighted by atomic mass is 10.0. The van der Waals surface area contributed by atoms with Gasteiger partial charge in [-0.2, -0.15) is 0 Å². The maximum Gasteiger partial charge on any atom is 0.326 e. The molecule has 0 aromatic carbocycles. The summed E-state index contributed by atoms with van der Waals surface area (Å²) in [5.41, 5.74) is 11.2. The number of nitrogens with zero attached hydrogens (tertiary/aromatic N) is 1. The first-order chi connectivity index (χ1) is 14.5. The van der Waals surface area contributed by atoms with Crippen molar-refractivity contribution in [2.45, 2.75) is 83.1 Å². The number of rotatable bonds is 12. The van der Waals surface area contributed by atoms with E-state index in [0.29, 0.717) is 45.2 Å².